The molecule has 4 saturated heterocycles. The molecule has 4 aliphatic rings. The number of rotatable bonds is 6. The fraction of sp³-hybridized carbons (Fsp3) is 0.567. The van der Waals surface area contributed by atoms with Gasteiger partial charge in [-0.25, -0.2) is 4.39 Å². The molecule has 0 radical (unpaired) electrons. The van der Waals surface area contributed by atoms with E-state index in [9.17, 15) is 0 Å². The standard InChI is InChI=1S/C30H36ClFN6O/c1-18(2)24-21(6-3-7-23(24)31)26-25(32)27-22(14-33-26)28(37-15-19-8-9-20(16-37)34-19)36-29(35-27)39-17-30-10-4-12-38(30)13-5-11-30/h3,6-7,14,18-20,34H,4-5,8-13,15-17H2,1-2H3/t19-,20+. The van der Waals surface area contributed by atoms with E-state index in [0.29, 0.717) is 40.5 Å². The highest BCUT2D eigenvalue weighted by molar-refractivity contribution is 6.31. The molecule has 1 aromatic carbocycles. The van der Waals surface area contributed by atoms with Crippen LogP contribution in [-0.4, -0.2) is 70.3 Å². The Morgan fingerprint density at radius 1 is 1.13 bits per heavy atom. The summed E-state index contributed by atoms with van der Waals surface area (Å²) in [5.74, 6) is 0.375. The molecular weight excluding hydrogens is 515 g/mol. The number of hydrogen-bond acceptors (Lipinski definition) is 7. The number of pyridine rings is 1. The molecule has 206 valence electrons. The lowest BCUT2D eigenvalue weighted by atomic mass is 9.94. The third kappa shape index (κ3) is 4.35. The minimum atomic E-state index is -0.454. The van der Waals surface area contributed by atoms with Gasteiger partial charge in [0.15, 0.2) is 5.82 Å². The second kappa shape index (κ2) is 9.82. The molecule has 4 aliphatic heterocycles. The molecule has 0 unspecified atom stereocenters. The summed E-state index contributed by atoms with van der Waals surface area (Å²) in [4.78, 5) is 19.1. The number of ether oxygens (including phenoxy) is 1. The fourth-order valence-corrected chi connectivity index (χ4v) is 7.87. The topological polar surface area (TPSA) is 66.4 Å². The van der Waals surface area contributed by atoms with Crippen molar-refractivity contribution in [2.24, 2.45) is 0 Å². The van der Waals surface area contributed by atoms with Crippen molar-refractivity contribution in [2.45, 2.75) is 75.9 Å². The van der Waals surface area contributed by atoms with E-state index in [1.807, 2.05) is 18.2 Å². The summed E-state index contributed by atoms with van der Waals surface area (Å²) in [7, 11) is 0. The molecule has 7 rings (SSSR count). The van der Waals surface area contributed by atoms with Crippen LogP contribution in [0.3, 0.4) is 0 Å². The van der Waals surface area contributed by atoms with Gasteiger partial charge in [-0.05, 0) is 69.2 Å². The van der Waals surface area contributed by atoms with Crippen molar-refractivity contribution in [2.75, 3.05) is 37.7 Å². The van der Waals surface area contributed by atoms with Crippen LogP contribution in [0, 0.1) is 5.82 Å². The monoisotopic (exact) mass is 550 g/mol. The molecule has 2 atom stereocenters. The second-order valence-corrected chi connectivity index (χ2v) is 12.5. The number of anilines is 1. The van der Waals surface area contributed by atoms with Crippen molar-refractivity contribution in [1.82, 2.24) is 25.2 Å². The van der Waals surface area contributed by atoms with Crippen LogP contribution in [0.5, 0.6) is 6.01 Å². The van der Waals surface area contributed by atoms with Crippen molar-refractivity contribution in [3.63, 3.8) is 0 Å². The van der Waals surface area contributed by atoms with Gasteiger partial charge in [0, 0.05) is 42.0 Å². The molecule has 7 nitrogen and oxygen atoms in total. The fourth-order valence-electron chi connectivity index (χ4n) is 7.48. The maximum Gasteiger partial charge on any atom is 0.319 e. The second-order valence-electron chi connectivity index (χ2n) is 12.1. The maximum absolute atomic E-state index is 16.5. The predicted molar refractivity (Wildman–Crippen MR) is 152 cm³/mol. The lowest BCUT2D eigenvalue weighted by Crippen LogP contribution is -2.51. The molecular formula is C30H36ClFN6O. The van der Waals surface area contributed by atoms with Gasteiger partial charge in [-0.15, -0.1) is 0 Å². The zero-order valence-corrected chi connectivity index (χ0v) is 23.5. The Kier molecular flexibility index (Phi) is 6.40. The summed E-state index contributed by atoms with van der Waals surface area (Å²) < 4.78 is 22.9. The number of fused-ring (bicyclic) bond motifs is 4. The van der Waals surface area contributed by atoms with E-state index < -0.39 is 5.82 Å². The van der Waals surface area contributed by atoms with Gasteiger partial charge in [0.2, 0.25) is 0 Å². The van der Waals surface area contributed by atoms with Crippen LogP contribution >= 0.6 is 11.6 Å². The quantitative estimate of drug-likeness (QED) is 0.431. The van der Waals surface area contributed by atoms with Crippen molar-refractivity contribution in [1.29, 1.82) is 0 Å². The van der Waals surface area contributed by atoms with E-state index in [0.717, 1.165) is 57.4 Å². The molecule has 2 aromatic heterocycles. The average Bonchev–Trinajstić information content (AvgIpc) is 3.60. The molecule has 6 heterocycles. The van der Waals surface area contributed by atoms with Crippen LogP contribution in [0.4, 0.5) is 10.2 Å². The van der Waals surface area contributed by atoms with Crippen LogP contribution in [0.15, 0.2) is 24.4 Å². The highest BCUT2D eigenvalue weighted by Gasteiger charge is 2.45. The Hall–Kier alpha value is -2.55. The molecule has 39 heavy (non-hydrogen) atoms. The summed E-state index contributed by atoms with van der Waals surface area (Å²) in [6, 6.07) is 6.67. The summed E-state index contributed by atoms with van der Waals surface area (Å²) in [6.45, 7) is 8.56. The van der Waals surface area contributed by atoms with E-state index in [2.05, 4.69) is 33.9 Å². The zero-order valence-electron chi connectivity index (χ0n) is 22.7. The van der Waals surface area contributed by atoms with Crippen molar-refractivity contribution < 1.29 is 9.13 Å². The number of nitrogens with zero attached hydrogens (tertiary/aromatic N) is 5. The molecule has 3 aromatic rings. The normalized spacial score (nSPS) is 24.2. The number of nitrogens with one attached hydrogen (secondary N) is 1. The van der Waals surface area contributed by atoms with Gasteiger partial charge in [0.05, 0.1) is 10.9 Å². The Bertz CT molecular complexity index is 1390. The van der Waals surface area contributed by atoms with Crippen molar-refractivity contribution in [3.8, 4) is 17.3 Å². The van der Waals surface area contributed by atoms with E-state index in [-0.39, 0.29) is 28.7 Å². The smallest absolute Gasteiger partial charge is 0.319 e. The van der Waals surface area contributed by atoms with Gasteiger partial charge in [0.1, 0.15) is 23.6 Å². The Balaban J connectivity index is 1.33. The number of piperazine rings is 1. The van der Waals surface area contributed by atoms with Crippen molar-refractivity contribution >= 4 is 28.3 Å². The first-order valence-electron chi connectivity index (χ1n) is 14.5. The Morgan fingerprint density at radius 2 is 1.87 bits per heavy atom. The first-order chi connectivity index (χ1) is 18.9. The number of hydrogen-bond donors (Lipinski definition) is 1. The average molecular weight is 551 g/mol. The lowest BCUT2D eigenvalue weighted by molar-refractivity contribution is 0.108. The third-order valence-electron chi connectivity index (χ3n) is 9.33. The Labute approximate surface area is 234 Å². The molecule has 4 fully saturated rings. The van der Waals surface area contributed by atoms with E-state index in [4.69, 9.17) is 26.3 Å². The van der Waals surface area contributed by atoms with Gasteiger partial charge < -0.3 is 15.0 Å². The van der Waals surface area contributed by atoms with Gasteiger partial charge in [-0.2, -0.15) is 9.97 Å². The lowest BCUT2D eigenvalue weighted by Gasteiger charge is -2.34. The predicted octanol–water partition coefficient (Wildman–Crippen LogP) is 5.56. The third-order valence-corrected chi connectivity index (χ3v) is 9.66. The van der Waals surface area contributed by atoms with Crippen LogP contribution in [0.1, 0.15) is 63.9 Å². The first kappa shape index (κ1) is 25.4. The molecule has 0 aliphatic carbocycles. The van der Waals surface area contributed by atoms with E-state index in [1.165, 1.54) is 12.8 Å². The summed E-state index contributed by atoms with van der Waals surface area (Å²) in [5, 5.41) is 4.92. The van der Waals surface area contributed by atoms with Gasteiger partial charge >= 0.3 is 6.01 Å². The molecule has 2 bridgehead atoms. The zero-order chi connectivity index (χ0) is 26.7. The number of aromatic nitrogens is 3. The molecule has 0 spiro atoms. The van der Waals surface area contributed by atoms with Crippen LogP contribution in [-0.2, 0) is 0 Å². The number of benzene rings is 1. The molecule has 0 saturated carbocycles. The highest BCUT2D eigenvalue weighted by atomic mass is 35.5. The summed E-state index contributed by atoms with van der Waals surface area (Å²) in [5.41, 5.74) is 2.16. The Morgan fingerprint density at radius 3 is 2.59 bits per heavy atom. The summed E-state index contributed by atoms with van der Waals surface area (Å²) in [6.07, 6.45) is 8.67. The molecule has 1 N–H and O–H groups in total. The first-order valence-corrected chi connectivity index (χ1v) is 14.8. The highest BCUT2D eigenvalue weighted by Crippen LogP contribution is 2.41. The largest absolute Gasteiger partial charge is 0.461 e. The summed E-state index contributed by atoms with van der Waals surface area (Å²) >= 11 is 6.56. The minimum Gasteiger partial charge on any atom is -0.461 e. The van der Waals surface area contributed by atoms with Gasteiger partial charge in [-0.3, -0.25) is 9.88 Å². The van der Waals surface area contributed by atoms with Gasteiger partial charge in [0.25, 0.3) is 0 Å². The number of halogens is 2. The van der Waals surface area contributed by atoms with E-state index >= 15 is 4.39 Å². The van der Waals surface area contributed by atoms with Gasteiger partial charge in [-0.1, -0.05) is 37.6 Å². The van der Waals surface area contributed by atoms with Crippen LogP contribution in [0.2, 0.25) is 5.02 Å². The maximum atomic E-state index is 16.5. The van der Waals surface area contributed by atoms with Crippen LogP contribution in [0.25, 0.3) is 22.2 Å². The SMILES string of the molecule is CC(C)c1c(Cl)cccc1-c1ncc2c(N3C[C@H]4CC[C@@H](C3)N4)nc(OCC34CCCN3CCC4)nc2c1F. The molecule has 0 amide bonds. The van der Waals surface area contributed by atoms with Crippen molar-refractivity contribution in [3.05, 3.63) is 40.8 Å². The van der Waals surface area contributed by atoms with E-state index in [1.54, 1.807) is 6.20 Å². The molecule has 9 heteroatoms. The minimum absolute atomic E-state index is 0.0571. The van der Waals surface area contributed by atoms with Crippen LogP contribution < -0.4 is 15.0 Å².